The van der Waals surface area contributed by atoms with Gasteiger partial charge in [0.1, 0.15) is 0 Å². The number of benzene rings is 1. The van der Waals surface area contributed by atoms with Gasteiger partial charge in [-0.15, -0.1) is 0 Å². The Balaban J connectivity index is 2.64. The molecule has 4 nitrogen and oxygen atoms in total. The standard InChI is InChI=1S/C12H12N2O2/c1-8-7-9(2)14(13-8)11-6-4-3-5-10(11)12(15)16/h3-7H,1-2H3,(H,15,16). The van der Waals surface area contributed by atoms with E-state index in [0.717, 1.165) is 11.4 Å². The van der Waals surface area contributed by atoms with Crippen LogP contribution in [0.15, 0.2) is 30.3 Å². The maximum Gasteiger partial charge on any atom is 0.337 e. The molecule has 1 aromatic heterocycles. The van der Waals surface area contributed by atoms with E-state index in [-0.39, 0.29) is 5.56 Å². The predicted molar refractivity (Wildman–Crippen MR) is 60.0 cm³/mol. The van der Waals surface area contributed by atoms with Crippen molar-refractivity contribution in [2.75, 3.05) is 0 Å². The first-order valence-electron chi connectivity index (χ1n) is 4.95. The molecule has 0 spiro atoms. The molecule has 1 N–H and O–H groups in total. The number of carbonyl (C=O) groups is 1. The minimum atomic E-state index is -0.942. The maximum atomic E-state index is 11.1. The van der Waals surface area contributed by atoms with E-state index in [9.17, 15) is 4.79 Å². The number of rotatable bonds is 2. The molecule has 0 saturated carbocycles. The van der Waals surface area contributed by atoms with E-state index >= 15 is 0 Å². The van der Waals surface area contributed by atoms with Gasteiger partial charge in [-0.2, -0.15) is 5.10 Å². The smallest absolute Gasteiger partial charge is 0.337 e. The Morgan fingerprint density at radius 1 is 1.31 bits per heavy atom. The molecule has 0 saturated heterocycles. The Kier molecular flexibility index (Phi) is 2.48. The Bertz CT molecular complexity index is 544. The summed E-state index contributed by atoms with van der Waals surface area (Å²) in [5, 5.41) is 13.4. The maximum absolute atomic E-state index is 11.1. The Labute approximate surface area is 93.1 Å². The average molecular weight is 216 g/mol. The van der Waals surface area contributed by atoms with Gasteiger partial charge in [-0.1, -0.05) is 12.1 Å². The molecule has 2 rings (SSSR count). The second kappa shape index (κ2) is 3.81. The first kappa shape index (κ1) is 10.4. The van der Waals surface area contributed by atoms with E-state index in [1.165, 1.54) is 0 Å². The second-order valence-electron chi connectivity index (χ2n) is 3.66. The van der Waals surface area contributed by atoms with Crippen LogP contribution in [-0.4, -0.2) is 20.9 Å². The summed E-state index contributed by atoms with van der Waals surface area (Å²) in [6.07, 6.45) is 0. The van der Waals surface area contributed by atoms with Crippen LogP contribution in [-0.2, 0) is 0 Å². The van der Waals surface area contributed by atoms with Gasteiger partial charge in [0.2, 0.25) is 0 Å². The molecule has 1 heterocycles. The lowest BCUT2D eigenvalue weighted by Gasteiger charge is -2.07. The van der Waals surface area contributed by atoms with Crippen molar-refractivity contribution >= 4 is 5.97 Å². The number of hydrogen-bond acceptors (Lipinski definition) is 2. The molecule has 0 bridgehead atoms. The van der Waals surface area contributed by atoms with Crippen LogP contribution >= 0.6 is 0 Å². The molecule has 82 valence electrons. The van der Waals surface area contributed by atoms with Gasteiger partial charge in [0, 0.05) is 5.69 Å². The molecule has 0 aliphatic rings. The van der Waals surface area contributed by atoms with E-state index in [4.69, 9.17) is 5.11 Å². The molecule has 16 heavy (non-hydrogen) atoms. The van der Waals surface area contributed by atoms with Gasteiger partial charge in [-0.3, -0.25) is 0 Å². The van der Waals surface area contributed by atoms with Gasteiger partial charge in [0.05, 0.1) is 16.9 Å². The highest BCUT2D eigenvalue weighted by Gasteiger charge is 2.12. The number of hydrogen-bond donors (Lipinski definition) is 1. The second-order valence-corrected chi connectivity index (χ2v) is 3.66. The Morgan fingerprint density at radius 2 is 2.00 bits per heavy atom. The van der Waals surface area contributed by atoms with Crippen molar-refractivity contribution < 1.29 is 9.90 Å². The van der Waals surface area contributed by atoms with Crippen molar-refractivity contribution in [2.24, 2.45) is 0 Å². The highest BCUT2D eigenvalue weighted by atomic mass is 16.4. The minimum absolute atomic E-state index is 0.258. The number of nitrogens with zero attached hydrogens (tertiary/aromatic N) is 2. The fourth-order valence-corrected chi connectivity index (χ4v) is 1.71. The Morgan fingerprint density at radius 3 is 2.56 bits per heavy atom. The normalized spacial score (nSPS) is 10.4. The van der Waals surface area contributed by atoms with Crippen molar-refractivity contribution in [1.82, 2.24) is 9.78 Å². The fraction of sp³-hybridized carbons (Fsp3) is 0.167. The van der Waals surface area contributed by atoms with Crippen LogP contribution in [0.25, 0.3) is 5.69 Å². The summed E-state index contributed by atoms with van der Waals surface area (Å²) >= 11 is 0. The van der Waals surface area contributed by atoms with E-state index in [1.807, 2.05) is 19.9 Å². The van der Waals surface area contributed by atoms with E-state index in [0.29, 0.717) is 5.69 Å². The zero-order chi connectivity index (χ0) is 11.7. The van der Waals surface area contributed by atoms with Gasteiger partial charge in [-0.25, -0.2) is 9.48 Å². The number of carboxylic acids is 1. The van der Waals surface area contributed by atoms with Crippen molar-refractivity contribution in [1.29, 1.82) is 0 Å². The lowest BCUT2D eigenvalue weighted by Crippen LogP contribution is -2.07. The van der Waals surface area contributed by atoms with E-state index in [2.05, 4.69) is 5.10 Å². The summed E-state index contributed by atoms with van der Waals surface area (Å²) in [4.78, 5) is 11.1. The lowest BCUT2D eigenvalue weighted by molar-refractivity contribution is 0.0696. The molecule has 0 amide bonds. The van der Waals surface area contributed by atoms with E-state index in [1.54, 1.807) is 28.9 Å². The topological polar surface area (TPSA) is 55.1 Å². The van der Waals surface area contributed by atoms with Gasteiger partial charge >= 0.3 is 5.97 Å². The molecule has 0 radical (unpaired) electrons. The predicted octanol–water partition coefficient (Wildman–Crippen LogP) is 2.19. The van der Waals surface area contributed by atoms with Gasteiger partial charge in [-0.05, 0) is 32.0 Å². The number of aromatic nitrogens is 2. The average Bonchev–Trinajstić information content (AvgIpc) is 2.57. The molecular formula is C12H12N2O2. The first-order valence-corrected chi connectivity index (χ1v) is 4.95. The molecular weight excluding hydrogens is 204 g/mol. The first-order chi connectivity index (χ1) is 7.59. The monoisotopic (exact) mass is 216 g/mol. The van der Waals surface area contributed by atoms with Gasteiger partial charge in [0.25, 0.3) is 0 Å². The molecule has 0 atom stereocenters. The molecule has 0 aliphatic carbocycles. The zero-order valence-corrected chi connectivity index (χ0v) is 9.14. The molecule has 2 aromatic rings. The van der Waals surface area contributed by atoms with Crippen LogP contribution in [0.1, 0.15) is 21.7 Å². The molecule has 4 heteroatoms. The summed E-state index contributed by atoms with van der Waals surface area (Å²) in [6.45, 7) is 3.78. The zero-order valence-electron chi connectivity index (χ0n) is 9.14. The number of carboxylic acid groups (broad SMARTS) is 1. The highest BCUT2D eigenvalue weighted by molar-refractivity contribution is 5.91. The van der Waals surface area contributed by atoms with Crippen LogP contribution in [0.3, 0.4) is 0 Å². The quantitative estimate of drug-likeness (QED) is 0.837. The summed E-state index contributed by atoms with van der Waals surface area (Å²) in [6, 6.07) is 8.76. The molecule has 0 fully saturated rings. The van der Waals surface area contributed by atoms with Crippen molar-refractivity contribution in [3.63, 3.8) is 0 Å². The van der Waals surface area contributed by atoms with Crippen LogP contribution in [0.5, 0.6) is 0 Å². The van der Waals surface area contributed by atoms with E-state index < -0.39 is 5.97 Å². The summed E-state index contributed by atoms with van der Waals surface area (Å²) in [7, 11) is 0. The third-order valence-electron chi connectivity index (χ3n) is 2.37. The van der Waals surface area contributed by atoms with Gasteiger partial charge in [0.15, 0.2) is 0 Å². The number of aryl methyl sites for hydroxylation is 2. The largest absolute Gasteiger partial charge is 0.478 e. The molecule has 0 unspecified atom stereocenters. The van der Waals surface area contributed by atoms with Crippen molar-refractivity contribution in [3.05, 3.63) is 47.3 Å². The SMILES string of the molecule is Cc1cc(C)n(-c2ccccc2C(=O)O)n1. The summed E-state index contributed by atoms with van der Waals surface area (Å²) in [5.74, 6) is -0.942. The third kappa shape index (κ3) is 1.69. The fourth-order valence-electron chi connectivity index (χ4n) is 1.71. The Hall–Kier alpha value is -2.10. The van der Waals surface area contributed by atoms with Crippen molar-refractivity contribution in [2.45, 2.75) is 13.8 Å². The highest BCUT2D eigenvalue weighted by Crippen LogP contribution is 2.16. The van der Waals surface area contributed by atoms with Crippen LogP contribution < -0.4 is 0 Å². The van der Waals surface area contributed by atoms with Crippen LogP contribution in [0.4, 0.5) is 0 Å². The number of para-hydroxylation sites is 1. The summed E-state index contributed by atoms with van der Waals surface area (Å²) in [5.41, 5.74) is 2.65. The third-order valence-corrected chi connectivity index (χ3v) is 2.37. The molecule has 0 aliphatic heterocycles. The summed E-state index contributed by atoms with van der Waals surface area (Å²) < 4.78 is 1.65. The van der Waals surface area contributed by atoms with Crippen molar-refractivity contribution in [3.8, 4) is 5.69 Å². The molecule has 1 aromatic carbocycles. The lowest BCUT2D eigenvalue weighted by atomic mass is 10.2. The van der Waals surface area contributed by atoms with Gasteiger partial charge < -0.3 is 5.11 Å². The minimum Gasteiger partial charge on any atom is -0.478 e. The van der Waals surface area contributed by atoms with Crippen LogP contribution in [0, 0.1) is 13.8 Å². The number of aromatic carboxylic acids is 1. The van der Waals surface area contributed by atoms with Crippen LogP contribution in [0.2, 0.25) is 0 Å².